The predicted octanol–water partition coefficient (Wildman–Crippen LogP) is 5.07. The Morgan fingerprint density at radius 3 is 2.30 bits per heavy atom. The second-order valence-electron chi connectivity index (χ2n) is 8.52. The summed E-state index contributed by atoms with van der Waals surface area (Å²) in [5, 5.41) is 0. The van der Waals surface area contributed by atoms with E-state index >= 15 is 0 Å². The number of likely N-dealkylation sites (N-methyl/N-ethyl adjacent to an activating group) is 1. The van der Waals surface area contributed by atoms with Crippen LogP contribution in [0.4, 0.5) is 8.78 Å². The predicted molar refractivity (Wildman–Crippen MR) is 124 cm³/mol. The summed E-state index contributed by atoms with van der Waals surface area (Å²) in [7, 11) is 3.92. The largest absolute Gasteiger partial charge is 0.460 e. The maximum Gasteiger partial charge on any atom is 0.270 e. The smallest absolute Gasteiger partial charge is 0.270 e. The van der Waals surface area contributed by atoms with Crippen LogP contribution >= 0.6 is 0 Å². The van der Waals surface area contributed by atoms with E-state index < -0.39 is 11.6 Å². The molecule has 0 fully saturated rings. The summed E-state index contributed by atoms with van der Waals surface area (Å²) in [4.78, 5) is 17.6. The molecule has 0 radical (unpaired) electrons. The summed E-state index contributed by atoms with van der Waals surface area (Å²) in [5.74, 6) is -0.767. The van der Waals surface area contributed by atoms with E-state index in [9.17, 15) is 13.6 Å². The fraction of sp³-hybridized carbons (Fsp3) is 0.269. The van der Waals surface area contributed by atoms with Crippen molar-refractivity contribution in [2.24, 2.45) is 0 Å². The van der Waals surface area contributed by atoms with Gasteiger partial charge in [0, 0.05) is 44.4 Å². The molecule has 2 aromatic carbocycles. The molecule has 0 atom stereocenters. The van der Waals surface area contributed by atoms with Crippen molar-refractivity contribution in [2.75, 3.05) is 27.2 Å². The Hall–Kier alpha value is -3.45. The molecule has 33 heavy (non-hydrogen) atoms. The Balaban J connectivity index is 1.73. The third kappa shape index (κ3) is 5.31. The molecule has 0 saturated heterocycles. The average Bonchev–Trinajstić information content (AvgIpc) is 3.27. The third-order valence-electron chi connectivity index (χ3n) is 5.52. The monoisotopic (exact) mass is 451 g/mol. The van der Waals surface area contributed by atoms with Crippen molar-refractivity contribution in [1.29, 1.82) is 0 Å². The number of halogens is 2. The number of rotatable bonds is 8. The molecule has 1 amide bonds. The number of fused-ring (bicyclic) bond motifs is 1. The van der Waals surface area contributed by atoms with Gasteiger partial charge in [-0.05, 0) is 44.3 Å². The number of furan rings is 1. The topological polar surface area (TPSA) is 41.6 Å². The Kier molecular flexibility index (Phi) is 6.60. The van der Waals surface area contributed by atoms with Crippen LogP contribution < -0.4 is 0 Å². The first kappa shape index (κ1) is 22.7. The number of amides is 1. The first-order chi connectivity index (χ1) is 15.8. The van der Waals surface area contributed by atoms with Crippen LogP contribution in [0.5, 0.6) is 0 Å². The molecule has 2 aromatic heterocycles. The van der Waals surface area contributed by atoms with Crippen molar-refractivity contribution < 1.29 is 18.0 Å². The van der Waals surface area contributed by atoms with E-state index in [0.717, 1.165) is 11.6 Å². The highest BCUT2D eigenvalue weighted by atomic mass is 19.1. The third-order valence-corrected chi connectivity index (χ3v) is 5.52. The molecule has 0 saturated carbocycles. The fourth-order valence-electron chi connectivity index (χ4n) is 3.94. The van der Waals surface area contributed by atoms with E-state index in [-0.39, 0.29) is 12.5 Å². The standard InChI is InChI=1S/C26H27F2N3O2/c1-18-11-23-25(33-18)15-24(31(23)17-20-12-21(27)14-22(28)13-20)26(32)30(10-9-29(2)3)16-19-7-5-4-6-8-19/h4-8,11-15H,9-10,16-17H2,1-3H3. The number of nitrogens with zero attached hydrogens (tertiary/aromatic N) is 3. The molecular weight excluding hydrogens is 424 g/mol. The Morgan fingerprint density at radius 1 is 0.939 bits per heavy atom. The van der Waals surface area contributed by atoms with E-state index in [1.165, 1.54) is 12.1 Å². The summed E-state index contributed by atoms with van der Waals surface area (Å²) in [6.07, 6.45) is 0. The maximum atomic E-state index is 13.8. The quantitative estimate of drug-likeness (QED) is 0.376. The molecule has 0 unspecified atom stereocenters. The summed E-state index contributed by atoms with van der Waals surface area (Å²) >= 11 is 0. The number of aryl methyl sites for hydroxylation is 1. The van der Waals surface area contributed by atoms with Gasteiger partial charge in [0.05, 0.1) is 5.52 Å². The van der Waals surface area contributed by atoms with E-state index in [0.29, 0.717) is 47.8 Å². The molecule has 7 heteroatoms. The van der Waals surface area contributed by atoms with Crippen LogP contribution in [-0.2, 0) is 13.1 Å². The lowest BCUT2D eigenvalue weighted by molar-refractivity contribution is 0.0722. The van der Waals surface area contributed by atoms with Crippen molar-refractivity contribution in [3.63, 3.8) is 0 Å². The van der Waals surface area contributed by atoms with E-state index in [2.05, 4.69) is 0 Å². The van der Waals surface area contributed by atoms with Crippen molar-refractivity contribution in [2.45, 2.75) is 20.0 Å². The van der Waals surface area contributed by atoms with Gasteiger partial charge in [0.2, 0.25) is 0 Å². The Bertz CT molecular complexity index is 1240. The summed E-state index contributed by atoms with van der Waals surface area (Å²) in [5.41, 5.74) is 3.16. The number of hydrogen-bond acceptors (Lipinski definition) is 3. The summed E-state index contributed by atoms with van der Waals surface area (Å²) in [6.45, 7) is 3.65. The van der Waals surface area contributed by atoms with Gasteiger partial charge in [-0.1, -0.05) is 30.3 Å². The number of carbonyl (C=O) groups is 1. The SMILES string of the molecule is Cc1cc2c(cc(C(=O)N(CCN(C)C)Cc3ccccc3)n2Cc2cc(F)cc(F)c2)o1. The second-order valence-corrected chi connectivity index (χ2v) is 8.52. The lowest BCUT2D eigenvalue weighted by Crippen LogP contribution is -2.37. The van der Waals surface area contributed by atoms with Gasteiger partial charge in [-0.25, -0.2) is 8.78 Å². The van der Waals surface area contributed by atoms with Crippen molar-refractivity contribution >= 4 is 17.0 Å². The highest BCUT2D eigenvalue weighted by Crippen LogP contribution is 2.26. The molecule has 4 aromatic rings. The highest BCUT2D eigenvalue weighted by Gasteiger charge is 2.24. The van der Waals surface area contributed by atoms with E-state index in [4.69, 9.17) is 4.42 Å². The van der Waals surface area contributed by atoms with Crippen molar-refractivity contribution in [3.8, 4) is 0 Å². The second kappa shape index (κ2) is 9.58. The molecule has 5 nitrogen and oxygen atoms in total. The van der Waals surface area contributed by atoms with Gasteiger partial charge >= 0.3 is 0 Å². The molecule has 0 N–H and O–H groups in total. The minimum Gasteiger partial charge on any atom is -0.460 e. The minimum atomic E-state index is -0.652. The Morgan fingerprint density at radius 2 is 1.64 bits per heavy atom. The van der Waals surface area contributed by atoms with Gasteiger partial charge in [-0.3, -0.25) is 4.79 Å². The summed E-state index contributed by atoms with van der Waals surface area (Å²) < 4.78 is 35.2. The van der Waals surface area contributed by atoms with Crippen LogP contribution in [0.1, 0.15) is 27.4 Å². The molecule has 172 valence electrons. The maximum absolute atomic E-state index is 13.8. The van der Waals surface area contributed by atoms with E-state index in [1.54, 1.807) is 15.5 Å². The van der Waals surface area contributed by atoms with Gasteiger partial charge in [0.25, 0.3) is 5.91 Å². The van der Waals surface area contributed by atoms with Crippen LogP contribution in [-0.4, -0.2) is 47.5 Å². The van der Waals surface area contributed by atoms with Gasteiger partial charge in [-0.2, -0.15) is 0 Å². The van der Waals surface area contributed by atoms with Crippen LogP contribution in [0.25, 0.3) is 11.1 Å². The molecule has 0 spiro atoms. The highest BCUT2D eigenvalue weighted by molar-refractivity contribution is 5.97. The van der Waals surface area contributed by atoms with Crippen LogP contribution in [0.3, 0.4) is 0 Å². The van der Waals surface area contributed by atoms with Gasteiger partial charge in [0.15, 0.2) is 5.58 Å². The average molecular weight is 452 g/mol. The summed E-state index contributed by atoms with van der Waals surface area (Å²) in [6, 6.07) is 16.8. The lowest BCUT2D eigenvalue weighted by Gasteiger charge is -2.25. The normalized spacial score (nSPS) is 11.5. The lowest BCUT2D eigenvalue weighted by atomic mass is 10.2. The van der Waals surface area contributed by atoms with Gasteiger partial charge < -0.3 is 18.8 Å². The number of aromatic nitrogens is 1. The Labute approximate surface area is 191 Å². The first-order valence-electron chi connectivity index (χ1n) is 10.8. The van der Waals surface area contributed by atoms with Gasteiger partial charge in [0.1, 0.15) is 23.1 Å². The molecule has 0 bridgehead atoms. The van der Waals surface area contributed by atoms with Crippen LogP contribution in [0.15, 0.2) is 65.1 Å². The molecule has 0 aliphatic carbocycles. The van der Waals surface area contributed by atoms with Crippen molar-refractivity contribution in [1.82, 2.24) is 14.4 Å². The number of hydrogen-bond donors (Lipinski definition) is 0. The number of benzene rings is 2. The zero-order valence-corrected chi connectivity index (χ0v) is 19.0. The van der Waals surface area contributed by atoms with Gasteiger partial charge in [-0.15, -0.1) is 0 Å². The fourth-order valence-corrected chi connectivity index (χ4v) is 3.94. The zero-order chi connectivity index (χ0) is 23.5. The first-order valence-corrected chi connectivity index (χ1v) is 10.8. The molecule has 0 aliphatic heterocycles. The minimum absolute atomic E-state index is 0.144. The zero-order valence-electron chi connectivity index (χ0n) is 19.0. The van der Waals surface area contributed by atoms with Crippen molar-refractivity contribution in [3.05, 3.63) is 94.9 Å². The molecule has 4 rings (SSSR count). The molecule has 0 aliphatic rings. The molecule has 2 heterocycles. The van der Waals surface area contributed by atoms with E-state index in [1.807, 2.05) is 62.3 Å². The van der Waals surface area contributed by atoms with Crippen LogP contribution in [0.2, 0.25) is 0 Å². The number of carbonyl (C=O) groups excluding carboxylic acids is 1. The molecular formula is C26H27F2N3O2. The van der Waals surface area contributed by atoms with Crippen LogP contribution in [0, 0.1) is 18.6 Å².